The predicted octanol–water partition coefficient (Wildman–Crippen LogP) is 5.04. The number of hydrogen-bond acceptors (Lipinski definition) is 6. The quantitative estimate of drug-likeness (QED) is 0.217. The number of amides is 4. The van der Waals surface area contributed by atoms with Crippen LogP contribution in [0.3, 0.4) is 0 Å². The molecule has 11 heteroatoms. The number of esters is 1. The third-order valence-electron chi connectivity index (χ3n) is 5.75. The van der Waals surface area contributed by atoms with E-state index in [1.165, 1.54) is 37.5 Å². The molecule has 4 aromatic rings. The van der Waals surface area contributed by atoms with Crippen molar-refractivity contribution in [2.45, 2.75) is 6.54 Å². The van der Waals surface area contributed by atoms with Crippen LogP contribution in [0.25, 0.3) is 17.0 Å². The van der Waals surface area contributed by atoms with Gasteiger partial charge in [0.1, 0.15) is 11.3 Å². The second-order valence-corrected chi connectivity index (χ2v) is 8.88. The fraction of sp³-hybridized carbons (Fsp3) is 0.0769. The lowest BCUT2D eigenvalue weighted by atomic mass is 10.1. The van der Waals surface area contributed by atoms with Gasteiger partial charge >= 0.3 is 12.0 Å². The van der Waals surface area contributed by atoms with Crippen LogP contribution in [-0.2, 0) is 20.9 Å². The zero-order valence-corrected chi connectivity index (χ0v) is 20.7. The highest BCUT2D eigenvalue weighted by Crippen LogP contribution is 2.32. The Morgan fingerprint density at radius 1 is 1.08 bits per heavy atom. The van der Waals surface area contributed by atoms with Gasteiger partial charge < -0.3 is 13.7 Å². The average Bonchev–Trinajstić information content (AvgIpc) is 3.48. The molecule has 0 saturated carbocycles. The number of carbonyl (C=O) groups excluding carboxylic acids is 4. The molecule has 1 saturated heterocycles. The number of halogens is 2. The first-order chi connectivity index (χ1) is 17.8. The van der Waals surface area contributed by atoms with E-state index in [1.807, 2.05) is 28.8 Å². The van der Waals surface area contributed by atoms with Gasteiger partial charge in [0.25, 0.3) is 11.8 Å². The zero-order chi connectivity index (χ0) is 26.3. The van der Waals surface area contributed by atoms with Crippen molar-refractivity contribution in [1.29, 1.82) is 0 Å². The van der Waals surface area contributed by atoms with Gasteiger partial charge in [-0.3, -0.25) is 14.9 Å². The number of furan rings is 1. The number of imide groups is 2. The number of para-hydroxylation sites is 1. The Balaban J connectivity index is 1.54. The summed E-state index contributed by atoms with van der Waals surface area (Å²) in [5, 5.41) is 3.34. The van der Waals surface area contributed by atoms with Gasteiger partial charge in [0.2, 0.25) is 5.76 Å². The molecule has 186 valence electrons. The van der Waals surface area contributed by atoms with Crippen LogP contribution in [0.1, 0.15) is 21.9 Å². The van der Waals surface area contributed by atoms with Crippen molar-refractivity contribution in [2.24, 2.45) is 0 Å². The lowest BCUT2D eigenvalue weighted by molar-refractivity contribution is -0.122. The summed E-state index contributed by atoms with van der Waals surface area (Å²) >= 11 is 12.2. The summed E-state index contributed by atoms with van der Waals surface area (Å²) in [7, 11) is 1.27. The molecule has 2 aromatic carbocycles. The molecule has 0 spiro atoms. The maximum Gasteiger partial charge on any atom is 0.373 e. The van der Waals surface area contributed by atoms with Crippen molar-refractivity contribution in [3.05, 3.63) is 93.5 Å². The topological polar surface area (TPSA) is 111 Å². The fourth-order valence-electron chi connectivity index (χ4n) is 4.06. The molecule has 0 radical (unpaired) electrons. The van der Waals surface area contributed by atoms with E-state index < -0.39 is 23.8 Å². The average molecular weight is 538 g/mol. The summed E-state index contributed by atoms with van der Waals surface area (Å²) in [6, 6.07) is 13.9. The molecule has 2 aromatic heterocycles. The molecule has 0 atom stereocenters. The minimum atomic E-state index is -0.918. The number of aromatic nitrogens is 1. The van der Waals surface area contributed by atoms with Crippen LogP contribution in [0.4, 0.5) is 10.5 Å². The number of hydrogen-bond donors (Lipinski definition) is 1. The van der Waals surface area contributed by atoms with Gasteiger partial charge in [-0.05, 0) is 42.5 Å². The van der Waals surface area contributed by atoms with Crippen molar-refractivity contribution in [3.63, 3.8) is 0 Å². The molecule has 5 rings (SSSR count). The Morgan fingerprint density at radius 2 is 1.86 bits per heavy atom. The van der Waals surface area contributed by atoms with Crippen LogP contribution in [0.2, 0.25) is 10.0 Å². The van der Waals surface area contributed by atoms with Crippen molar-refractivity contribution in [1.82, 2.24) is 9.88 Å². The van der Waals surface area contributed by atoms with E-state index in [9.17, 15) is 19.2 Å². The van der Waals surface area contributed by atoms with Crippen LogP contribution in [0.5, 0.6) is 0 Å². The Labute approximate surface area is 219 Å². The number of ether oxygens (including phenoxy) is 1. The number of methoxy groups -OCH3 is 1. The van der Waals surface area contributed by atoms with Gasteiger partial charge in [-0.2, -0.15) is 0 Å². The summed E-state index contributed by atoms with van der Waals surface area (Å²) in [4.78, 5) is 51.1. The second kappa shape index (κ2) is 9.61. The van der Waals surface area contributed by atoms with Gasteiger partial charge in [0, 0.05) is 27.7 Å². The van der Waals surface area contributed by atoms with E-state index >= 15 is 0 Å². The first-order valence-corrected chi connectivity index (χ1v) is 11.6. The molecular formula is C26H17Cl2N3O6. The van der Waals surface area contributed by atoms with Crippen LogP contribution in [0.15, 0.2) is 70.8 Å². The van der Waals surface area contributed by atoms with E-state index in [0.29, 0.717) is 16.3 Å². The monoisotopic (exact) mass is 537 g/mol. The van der Waals surface area contributed by atoms with Crippen molar-refractivity contribution >= 4 is 69.7 Å². The number of anilines is 1. The van der Waals surface area contributed by atoms with Crippen molar-refractivity contribution in [2.75, 3.05) is 12.0 Å². The molecule has 9 nitrogen and oxygen atoms in total. The number of barbiturate groups is 1. The van der Waals surface area contributed by atoms with Gasteiger partial charge in [0.15, 0.2) is 0 Å². The van der Waals surface area contributed by atoms with E-state index in [2.05, 4.69) is 10.1 Å². The maximum absolute atomic E-state index is 13.3. The van der Waals surface area contributed by atoms with Gasteiger partial charge in [-0.15, -0.1) is 0 Å². The summed E-state index contributed by atoms with van der Waals surface area (Å²) in [5.41, 5.74) is 1.20. The maximum atomic E-state index is 13.3. The Hall–Kier alpha value is -4.34. The van der Waals surface area contributed by atoms with Crippen LogP contribution in [-0.4, -0.2) is 35.5 Å². The molecule has 37 heavy (non-hydrogen) atoms. The number of carbonyl (C=O) groups is 4. The smallest absolute Gasteiger partial charge is 0.373 e. The number of fused-ring (bicyclic) bond motifs is 1. The van der Waals surface area contributed by atoms with Crippen molar-refractivity contribution < 1.29 is 28.3 Å². The number of benzene rings is 2. The molecule has 0 unspecified atom stereocenters. The first-order valence-electron chi connectivity index (χ1n) is 10.9. The number of rotatable bonds is 5. The zero-order valence-electron chi connectivity index (χ0n) is 19.2. The summed E-state index contributed by atoms with van der Waals surface area (Å²) < 4.78 is 12.1. The fourth-order valence-corrected chi connectivity index (χ4v) is 4.55. The Bertz CT molecular complexity index is 1630. The standard InChI is InChI=1S/C26H17Cl2N3O6/c1-36-25(34)22-9-7-16(37-22)13-30-12-14(17-4-2-3-5-20(17)30)10-18-23(32)29-26(35)31(24(18)33)21-8-6-15(27)11-19(21)28/h2-12H,13H2,1H3,(H,29,32,35)/b18-10+. The van der Waals surface area contributed by atoms with E-state index in [4.69, 9.17) is 27.6 Å². The Morgan fingerprint density at radius 3 is 2.62 bits per heavy atom. The molecule has 4 amide bonds. The number of urea groups is 1. The van der Waals surface area contributed by atoms with Gasteiger partial charge in [0.05, 0.1) is 24.4 Å². The van der Waals surface area contributed by atoms with Crippen LogP contribution in [0, 0.1) is 0 Å². The molecule has 3 heterocycles. The SMILES string of the molecule is COC(=O)c1ccc(Cn2cc(/C=C3\C(=O)NC(=O)N(c4ccc(Cl)cc4Cl)C3=O)c3ccccc32)o1. The predicted molar refractivity (Wildman–Crippen MR) is 137 cm³/mol. The third kappa shape index (κ3) is 4.50. The lowest BCUT2D eigenvalue weighted by Crippen LogP contribution is -2.54. The number of nitrogens with one attached hydrogen (secondary N) is 1. The lowest BCUT2D eigenvalue weighted by Gasteiger charge is -2.27. The minimum Gasteiger partial charge on any atom is -0.463 e. The minimum absolute atomic E-state index is 0.0751. The van der Waals surface area contributed by atoms with Crippen molar-refractivity contribution in [3.8, 4) is 0 Å². The molecule has 0 aliphatic carbocycles. The van der Waals surface area contributed by atoms with Gasteiger partial charge in [-0.25, -0.2) is 14.5 Å². The second-order valence-electron chi connectivity index (χ2n) is 8.04. The van der Waals surface area contributed by atoms with Gasteiger partial charge in [-0.1, -0.05) is 41.4 Å². The first kappa shape index (κ1) is 24.4. The highest BCUT2D eigenvalue weighted by Gasteiger charge is 2.38. The van der Waals surface area contributed by atoms with E-state index in [-0.39, 0.29) is 28.6 Å². The molecule has 1 N–H and O–H groups in total. The van der Waals surface area contributed by atoms with E-state index in [0.717, 1.165) is 15.8 Å². The molecule has 0 bridgehead atoms. The largest absolute Gasteiger partial charge is 0.463 e. The highest BCUT2D eigenvalue weighted by molar-refractivity contribution is 6.42. The van der Waals surface area contributed by atoms with Crippen LogP contribution >= 0.6 is 23.2 Å². The van der Waals surface area contributed by atoms with E-state index in [1.54, 1.807) is 12.3 Å². The Kier molecular flexibility index (Phi) is 6.32. The molecular weight excluding hydrogens is 521 g/mol. The summed E-state index contributed by atoms with van der Waals surface area (Å²) in [6.07, 6.45) is 3.16. The molecule has 1 aliphatic rings. The molecule has 1 aliphatic heterocycles. The number of nitrogens with zero attached hydrogens (tertiary/aromatic N) is 2. The summed E-state index contributed by atoms with van der Waals surface area (Å²) in [6.45, 7) is 0.270. The normalized spacial score (nSPS) is 14.9. The third-order valence-corrected chi connectivity index (χ3v) is 6.28. The molecule has 1 fully saturated rings. The highest BCUT2D eigenvalue weighted by atomic mass is 35.5. The van der Waals surface area contributed by atoms with Crippen LogP contribution < -0.4 is 10.2 Å². The summed E-state index contributed by atoms with van der Waals surface area (Å²) in [5.74, 6) is -1.67.